The van der Waals surface area contributed by atoms with Crippen LogP contribution in [0.15, 0.2) is 0 Å². The predicted octanol–water partition coefficient (Wildman–Crippen LogP) is 0.526. The molecule has 38 valence electrons. The molecule has 1 atom stereocenters. The molecule has 0 fully saturated rings. The van der Waals surface area contributed by atoms with E-state index in [0.717, 1.165) is 0 Å². The zero-order chi connectivity index (χ0) is 4.99. The van der Waals surface area contributed by atoms with Crippen molar-refractivity contribution in [1.29, 1.82) is 0 Å². The van der Waals surface area contributed by atoms with Gasteiger partial charge >= 0.3 is 0 Å². The van der Waals surface area contributed by atoms with Crippen LogP contribution in [0.5, 0.6) is 0 Å². The average molecular weight is 112 g/mol. The van der Waals surface area contributed by atoms with Crippen LogP contribution in [0.2, 0.25) is 0 Å². The highest BCUT2D eigenvalue weighted by Crippen LogP contribution is 2.06. The van der Waals surface area contributed by atoms with Gasteiger partial charge in [-0.3, -0.25) is 0 Å². The Morgan fingerprint density at radius 2 is 2.50 bits per heavy atom. The monoisotopic (exact) mass is 112 g/mol. The van der Waals surface area contributed by atoms with Crippen molar-refractivity contribution >= 4 is 12.1 Å². The van der Waals surface area contributed by atoms with Crippen molar-refractivity contribution in [3.8, 4) is 0 Å². The highest BCUT2D eigenvalue weighted by Gasteiger charge is 1.96. The van der Waals surface area contributed by atoms with Crippen molar-refractivity contribution in [2.45, 2.75) is 5.62 Å². The van der Waals surface area contributed by atoms with Crippen LogP contribution in [0.25, 0.3) is 0 Å². The second-order valence-corrected chi connectivity index (χ2v) is 1.21. The molecule has 0 aliphatic heterocycles. The highest BCUT2D eigenvalue weighted by atomic mass is 32.2. The van der Waals surface area contributed by atoms with Crippen molar-refractivity contribution in [1.82, 2.24) is 0 Å². The molecule has 0 saturated heterocycles. The summed E-state index contributed by atoms with van der Waals surface area (Å²) in [5.41, 5.74) is -1.31. The van der Waals surface area contributed by atoms with Gasteiger partial charge in [-0.2, -0.15) is 3.89 Å². The van der Waals surface area contributed by atoms with Gasteiger partial charge in [0.25, 0.3) is 0 Å². The standard InChI is InChI=1S/C2H5FO2S/c1-5-2(4)6-3/h2,4H,1H3. The summed E-state index contributed by atoms with van der Waals surface area (Å²) in [6.45, 7) is 0. The van der Waals surface area contributed by atoms with Crippen molar-refractivity contribution in [2.75, 3.05) is 7.11 Å². The maximum atomic E-state index is 10.9. The van der Waals surface area contributed by atoms with Crippen LogP contribution in [0.1, 0.15) is 0 Å². The van der Waals surface area contributed by atoms with E-state index in [-0.39, 0.29) is 12.1 Å². The number of aliphatic hydroxyl groups is 1. The molecule has 4 heteroatoms. The van der Waals surface area contributed by atoms with Crippen molar-refractivity contribution < 1.29 is 13.7 Å². The number of ether oxygens (including phenoxy) is 1. The molecule has 0 aliphatic rings. The molecule has 0 bridgehead atoms. The molecule has 0 rings (SSSR count). The number of halogens is 1. The third-order valence-corrected chi connectivity index (χ3v) is 0.623. The summed E-state index contributed by atoms with van der Waals surface area (Å²) < 4.78 is 15.0. The molecule has 0 aromatic heterocycles. The SMILES string of the molecule is COC(O)SF. The van der Waals surface area contributed by atoms with Crippen molar-refractivity contribution in [2.24, 2.45) is 0 Å². The lowest BCUT2D eigenvalue weighted by molar-refractivity contribution is -0.00309. The van der Waals surface area contributed by atoms with Crippen LogP contribution < -0.4 is 0 Å². The topological polar surface area (TPSA) is 29.5 Å². The van der Waals surface area contributed by atoms with Crippen LogP contribution in [0.4, 0.5) is 3.89 Å². The molecule has 0 aromatic rings. The van der Waals surface area contributed by atoms with Gasteiger partial charge in [0.05, 0.1) is 0 Å². The van der Waals surface area contributed by atoms with Crippen molar-refractivity contribution in [3.05, 3.63) is 0 Å². The van der Waals surface area contributed by atoms with Crippen LogP contribution in [0, 0.1) is 0 Å². The lowest BCUT2D eigenvalue weighted by Gasteiger charge is -1.96. The van der Waals surface area contributed by atoms with Crippen LogP contribution in [0.3, 0.4) is 0 Å². The molecular formula is C2H5FO2S. The average Bonchev–Trinajstić information content (AvgIpc) is 1.65. The molecule has 2 nitrogen and oxygen atoms in total. The summed E-state index contributed by atoms with van der Waals surface area (Å²) >= 11 is -0.242. The number of aliphatic hydroxyl groups excluding tert-OH is 1. The van der Waals surface area contributed by atoms with Crippen LogP contribution >= 0.6 is 12.1 Å². The largest absolute Gasteiger partial charge is 0.358 e. The second kappa shape index (κ2) is 3.39. The Morgan fingerprint density at radius 1 is 2.00 bits per heavy atom. The Bertz CT molecular complexity index is 30.7. The molecule has 0 amide bonds. The van der Waals surface area contributed by atoms with E-state index >= 15 is 0 Å². The fraction of sp³-hybridized carbons (Fsp3) is 1.00. The second-order valence-electron chi connectivity index (χ2n) is 0.632. The molecule has 0 radical (unpaired) electrons. The number of hydrogen-bond donors (Lipinski definition) is 1. The third-order valence-electron chi connectivity index (χ3n) is 0.278. The first kappa shape index (κ1) is 6.20. The molecule has 0 saturated carbocycles. The van der Waals surface area contributed by atoms with Gasteiger partial charge in [0, 0.05) is 7.11 Å². The quantitative estimate of drug-likeness (QED) is 0.528. The molecule has 1 N–H and O–H groups in total. The predicted molar refractivity (Wildman–Crippen MR) is 21.7 cm³/mol. The van der Waals surface area contributed by atoms with E-state index in [9.17, 15) is 3.89 Å². The lowest BCUT2D eigenvalue weighted by atomic mass is 11.4. The Balaban J connectivity index is 2.75. The Labute approximate surface area is 39.6 Å². The third kappa shape index (κ3) is 2.44. The number of rotatable bonds is 2. The van der Waals surface area contributed by atoms with Crippen LogP contribution in [-0.4, -0.2) is 17.8 Å². The first-order valence-electron chi connectivity index (χ1n) is 1.29. The van der Waals surface area contributed by atoms with E-state index in [2.05, 4.69) is 4.74 Å². The normalized spacial score (nSPS) is 14.5. The molecule has 1 unspecified atom stereocenters. The van der Waals surface area contributed by atoms with Gasteiger partial charge in [0.1, 0.15) is 12.1 Å². The summed E-state index contributed by atoms with van der Waals surface area (Å²) in [5.74, 6) is 0. The first-order chi connectivity index (χ1) is 2.81. The first-order valence-corrected chi connectivity index (χ1v) is 2.07. The Morgan fingerprint density at radius 3 is 2.50 bits per heavy atom. The summed E-state index contributed by atoms with van der Waals surface area (Å²) in [6.07, 6.45) is 0. The summed E-state index contributed by atoms with van der Waals surface area (Å²) in [4.78, 5) is 0. The molecule has 6 heavy (non-hydrogen) atoms. The maximum Gasteiger partial charge on any atom is 0.235 e. The summed E-state index contributed by atoms with van der Waals surface area (Å²) in [6, 6.07) is 0. The smallest absolute Gasteiger partial charge is 0.235 e. The van der Waals surface area contributed by atoms with E-state index in [0.29, 0.717) is 0 Å². The zero-order valence-electron chi connectivity index (χ0n) is 3.22. The van der Waals surface area contributed by atoms with E-state index in [1.165, 1.54) is 7.11 Å². The van der Waals surface area contributed by atoms with Gasteiger partial charge in [-0.05, 0) is 0 Å². The van der Waals surface area contributed by atoms with Crippen molar-refractivity contribution in [3.63, 3.8) is 0 Å². The molecule has 0 aromatic carbocycles. The summed E-state index contributed by atoms with van der Waals surface area (Å²) in [7, 11) is 1.22. The van der Waals surface area contributed by atoms with Crippen LogP contribution in [-0.2, 0) is 4.74 Å². The van der Waals surface area contributed by atoms with Gasteiger partial charge in [0.15, 0.2) is 0 Å². The highest BCUT2D eigenvalue weighted by molar-refractivity contribution is 7.94. The van der Waals surface area contributed by atoms with E-state index in [1.807, 2.05) is 0 Å². The zero-order valence-corrected chi connectivity index (χ0v) is 4.04. The minimum atomic E-state index is -1.31. The van der Waals surface area contributed by atoms with Gasteiger partial charge in [-0.15, -0.1) is 0 Å². The number of hydrogen-bond acceptors (Lipinski definition) is 3. The number of methoxy groups -OCH3 is 1. The molecule has 0 spiro atoms. The maximum absolute atomic E-state index is 10.9. The minimum absolute atomic E-state index is 0.242. The van der Waals surface area contributed by atoms with Gasteiger partial charge in [0.2, 0.25) is 5.62 Å². The van der Waals surface area contributed by atoms with E-state index < -0.39 is 5.62 Å². The Kier molecular flexibility index (Phi) is 3.51. The van der Waals surface area contributed by atoms with Gasteiger partial charge in [-0.1, -0.05) is 0 Å². The van der Waals surface area contributed by atoms with Gasteiger partial charge in [-0.25, -0.2) is 0 Å². The molecular weight excluding hydrogens is 107 g/mol. The molecule has 0 heterocycles. The Hall–Kier alpha value is 0.200. The van der Waals surface area contributed by atoms with E-state index in [4.69, 9.17) is 5.11 Å². The minimum Gasteiger partial charge on any atom is -0.358 e. The lowest BCUT2D eigenvalue weighted by Crippen LogP contribution is -1.98. The summed E-state index contributed by atoms with van der Waals surface area (Å²) in [5, 5.41) is 8.03. The fourth-order valence-corrected chi connectivity index (χ4v) is 0.109. The fourth-order valence-electron chi connectivity index (χ4n) is 0.0364. The molecule has 0 aliphatic carbocycles. The van der Waals surface area contributed by atoms with E-state index in [1.54, 1.807) is 0 Å². The van der Waals surface area contributed by atoms with Gasteiger partial charge < -0.3 is 9.84 Å².